The molecule has 1 N–H and O–H groups in total. The summed E-state index contributed by atoms with van der Waals surface area (Å²) in [6, 6.07) is 0. The third kappa shape index (κ3) is 1.37. The SMILES string of the molecule is OC[C@H]1CCCc2cnoc2C1. The van der Waals surface area contributed by atoms with Crippen molar-refractivity contribution in [3.63, 3.8) is 0 Å². The predicted molar refractivity (Wildman–Crippen MR) is 43.7 cm³/mol. The minimum atomic E-state index is 0.264. The number of aromatic nitrogens is 1. The molecule has 66 valence electrons. The zero-order valence-corrected chi connectivity index (χ0v) is 6.99. The van der Waals surface area contributed by atoms with Gasteiger partial charge in [-0.25, -0.2) is 0 Å². The van der Waals surface area contributed by atoms with E-state index in [1.165, 1.54) is 5.56 Å². The van der Waals surface area contributed by atoms with Crippen molar-refractivity contribution >= 4 is 0 Å². The molecule has 0 aromatic carbocycles. The summed E-state index contributed by atoms with van der Waals surface area (Å²) < 4.78 is 5.11. The van der Waals surface area contributed by atoms with Crippen molar-refractivity contribution in [2.45, 2.75) is 25.7 Å². The van der Waals surface area contributed by atoms with E-state index in [9.17, 15) is 0 Å². The van der Waals surface area contributed by atoms with Gasteiger partial charge in [-0.3, -0.25) is 0 Å². The molecule has 0 saturated heterocycles. The van der Waals surface area contributed by atoms with Gasteiger partial charge in [0.25, 0.3) is 0 Å². The maximum absolute atomic E-state index is 9.02. The van der Waals surface area contributed by atoms with E-state index < -0.39 is 0 Å². The van der Waals surface area contributed by atoms with Crippen LogP contribution >= 0.6 is 0 Å². The van der Waals surface area contributed by atoms with Crippen LogP contribution in [0.1, 0.15) is 24.2 Å². The van der Waals surface area contributed by atoms with Gasteiger partial charge in [-0.1, -0.05) is 5.16 Å². The molecular weight excluding hydrogens is 154 g/mol. The van der Waals surface area contributed by atoms with Crippen LogP contribution in [0.3, 0.4) is 0 Å². The van der Waals surface area contributed by atoms with Crippen LogP contribution in [-0.2, 0) is 12.8 Å². The molecule has 1 heterocycles. The molecule has 1 aromatic heterocycles. The molecule has 1 aromatic rings. The molecule has 0 aliphatic heterocycles. The van der Waals surface area contributed by atoms with Crippen molar-refractivity contribution in [3.05, 3.63) is 17.5 Å². The first-order valence-corrected chi connectivity index (χ1v) is 4.43. The first-order valence-electron chi connectivity index (χ1n) is 4.43. The second kappa shape index (κ2) is 3.27. The Morgan fingerprint density at radius 2 is 2.58 bits per heavy atom. The molecule has 2 rings (SSSR count). The summed E-state index contributed by atoms with van der Waals surface area (Å²) in [6.07, 6.45) is 5.94. The molecule has 1 atom stereocenters. The van der Waals surface area contributed by atoms with Crippen LogP contribution in [0.4, 0.5) is 0 Å². The lowest BCUT2D eigenvalue weighted by atomic mass is 10.0. The Kier molecular flexibility index (Phi) is 2.13. The van der Waals surface area contributed by atoms with Crippen molar-refractivity contribution in [2.75, 3.05) is 6.61 Å². The number of aliphatic hydroxyl groups is 1. The van der Waals surface area contributed by atoms with Crippen molar-refractivity contribution in [3.8, 4) is 0 Å². The van der Waals surface area contributed by atoms with Gasteiger partial charge in [0.15, 0.2) is 0 Å². The summed E-state index contributed by atoms with van der Waals surface area (Å²) in [5, 5.41) is 12.8. The molecule has 0 fully saturated rings. The van der Waals surface area contributed by atoms with Crippen LogP contribution in [0, 0.1) is 5.92 Å². The highest BCUT2D eigenvalue weighted by molar-refractivity contribution is 5.15. The molecule has 0 radical (unpaired) electrons. The third-order valence-corrected chi connectivity index (χ3v) is 2.52. The molecule has 0 unspecified atom stereocenters. The Balaban J connectivity index is 2.18. The van der Waals surface area contributed by atoms with Crippen LogP contribution in [0.15, 0.2) is 10.7 Å². The van der Waals surface area contributed by atoms with Gasteiger partial charge >= 0.3 is 0 Å². The monoisotopic (exact) mass is 167 g/mol. The van der Waals surface area contributed by atoms with E-state index in [1.807, 2.05) is 0 Å². The van der Waals surface area contributed by atoms with E-state index in [-0.39, 0.29) is 6.61 Å². The fraction of sp³-hybridized carbons (Fsp3) is 0.667. The number of aliphatic hydroxyl groups excluding tert-OH is 1. The van der Waals surface area contributed by atoms with Gasteiger partial charge in [0.2, 0.25) is 0 Å². The number of fused-ring (bicyclic) bond motifs is 1. The highest BCUT2D eigenvalue weighted by Crippen LogP contribution is 2.23. The number of hydrogen-bond acceptors (Lipinski definition) is 3. The van der Waals surface area contributed by atoms with Crippen molar-refractivity contribution in [2.24, 2.45) is 5.92 Å². The first kappa shape index (κ1) is 7.80. The molecule has 12 heavy (non-hydrogen) atoms. The van der Waals surface area contributed by atoms with Gasteiger partial charge in [0.05, 0.1) is 6.20 Å². The van der Waals surface area contributed by atoms with E-state index >= 15 is 0 Å². The smallest absolute Gasteiger partial charge is 0.140 e. The summed E-state index contributed by atoms with van der Waals surface area (Å²) in [5.41, 5.74) is 1.23. The summed E-state index contributed by atoms with van der Waals surface area (Å²) >= 11 is 0. The number of hydrogen-bond donors (Lipinski definition) is 1. The van der Waals surface area contributed by atoms with Crippen molar-refractivity contribution < 1.29 is 9.63 Å². The van der Waals surface area contributed by atoms with Crippen LogP contribution < -0.4 is 0 Å². The maximum Gasteiger partial charge on any atom is 0.140 e. The lowest BCUT2D eigenvalue weighted by Crippen LogP contribution is -2.07. The van der Waals surface area contributed by atoms with Crippen LogP contribution in [0.25, 0.3) is 0 Å². The Labute approximate surface area is 71.4 Å². The fourth-order valence-corrected chi connectivity index (χ4v) is 1.76. The van der Waals surface area contributed by atoms with Crippen LogP contribution in [0.5, 0.6) is 0 Å². The lowest BCUT2D eigenvalue weighted by molar-refractivity contribution is 0.209. The first-order chi connectivity index (χ1) is 5.90. The zero-order valence-electron chi connectivity index (χ0n) is 6.99. The highest BCUT2D eigenvalue weighted by Gasteiger charge is 2.18. The van der Waals surface area contributed by atoms with Crippen LogP contribution in [-0.4, -0.2) is 16.9 Å². The summed E-state index contributed by atoms with van der Waals surface area (Å²) in [4.78, 5) is 0. The molecular formula is C9H13NO2. The van der Waals surface area contributed by atoms with E-state index in [0.29, 0.717) is 5.92 Å². The van der Waals surface area contributed by atoms with Crippen LogP contribution in [0.2, 0.25) is 0 Å². The summed E-state index contributed by atoms with van der Waals surface area (Å²) in [7, 11) is 0. The standard InChI is InChI=1S/C9H13NO2/c11-6-7-2-1-3-8-5-10-12-9(8)4-7/h5,7,11H,1-4,6H2/t7-/m0/s1. The van der Waals surface area contributed by atoms with Crippen molar-refractivity contribution in [1.82, 2.24) is 5.16 Å². The second-order valence-corrected chi connectivity index (χ2v) is 3.42. The zero-order chi connectivity index (χ0) is 8.39. The molecule has 1 aliphatic carbocycles. The highest BCUT2D eigenvalue weighted by atomic mass is 16.5. The van der Waals surface area contributed by atoms with E-state index in [4.69, 9.17) is 9.63 Å². The Bertz CT molecular complexity index is 257. The minimum absolute atomic E-state index is 0.264. The Morgan fingerprint density at radius 1 is 1.67 bits per heavy atom. The normalized spacial score (nSPS) is 23.2. The van der Waals surface area contributed by atoms with E-state index in [2.05, 4.69) is 5.16 Å². The Hall–Kier alpha value is -0.830. The van der Waals surface area contributed by atoms with Gasteiger partial charge in [-0.15, -0.1) is 0 Å². The third-order valence-electron chi connectivity index (χ3n) is 2.52. The van der Waals surface area contributed by atoms with E-state index in [1.54, 1.807) is 6.20 Å². The molecule has 0 bridgehead atoms. The largest absolute Gasteiger partial charge is 0.396 e. The number of aryl methyl sites for hydroxylation is 1. The molecule has 1 aliphatic rings. The van der Waals surface area contributed by atoms with E-state index in [0.717, 1.165) is 31.4 Å². The fourth-order valence-electron chi connectivity index (χ4n) is 1.76. The molecule has 3 heteroatoms. The predicted octanol–water partition coefficient (Wildman–Crippen LogP) is 1.16. The minimum Gasteiger partial charge on any atom is -0.396 e. The molecule has 0 amide bonds. The topological polar surface area (TPSA) is 46.3 Å². The average molecular weight is 167 g/mol. The quantitative estimate of drug-likeness (QED) is 0.638. The van der Waals surface area contributed by atoms with Gasteiger partial charge in [-0.05, 0) is 25.2 Å². The Morgan fingerprint density at radius 3 is 3.42 bits per heavy atom. The lowest BCUT2D eigenvalue weighted by Gasteiger charge is -2.07. The summed E-state index contributed by atoms with van der Waals surface area (Å²) in [5.74, 6) is 1.35. The van der Waals surface area contributed by atoms with Crippen molar-refractivity contribution in [1.29, 1.82) is 0 Å². The molecule has 3 nitrogen and oxygen atoms in total. The van der Waals surface area contributed by atoms with Gasteiger partial charge < -0.3 is 9.63 Å². The second-order valence-electron chi connectivity index (χ2n) is 3.42. The molecule has 0 saturated carbocycles. The number of rotatable bonds is 1. The number of nitrogens with zero attached hydrogens (tertiary/aromatic N) is 1. The van der Waals surface area contributed by atoms with Gasteiger partial charge in [0, 0.05) is 18.6 Å². The maximum atomic E-state index is 9.02. The molecule has 0 spiro atoms. The summed E-state index contributed by atoms with van der Waals surface area (Å²) in [6.45, 7) is 0.264. The average Bonchev–Trinajstić information content (AvgIpc) is 2.43. The van der Waals surface area contributed by atoms with Gasteiger partial charge in [-0.2, -0.15) is 0 Å². The van der Waals surface area contributed by atoms with Gasteiger partial charge in [0.1, 0.15) is 5.76 Å².